The smallest absolute Gasteiger partial charge is 0.224 e. The van der Waals surface area contributed by atoms with E-state index in [9.17, 15) is 4.79 Å². The number of benzene rings is 1. The third-order valence-electron chi connectivity index (χ3n) is 4.32. The van der Waals surface area contributed by atoms with Gasteiger partial charge in [0.05, 0.1) is 23.2 Å². The minimum absolute atomic E-state index is 0. The predicted octanol–water partition coefficient (Wildman–Crippen LogP) is 3.46. The molecular formula is C16H21Cl3N2O2. The van der Waals surface area contributed by atoms with Crippen LogP contribution in [0.15, 0.2) is 18.2 Å². The normalized spacial score (nSPS) is 24.3. The van der Waals surface area contributed by atoms with Crippen LogP contribution in [-0.2, 0) is 9.53 Å². The second-order valence-electron chi connectivity index (χ2n) is 5.87. The summed E-state index contributed by atoms with van der Waals surface area (Å²) in [5, 5.41) is 4.42. The molecule has 0 spiro atoms. The van der Waals surface area contributed by atoms with Gasteiger partial charge in [0, 0.05) is 19.0 Å². The maximum Gasteiger partial charge on any atom is 0.224 e. The Labute approximate surface area is 152 Å². The lowest BCUT2D eigenvalue weighted by atomic mass is 10.1. The van der Waals surface area contributed by atoms with Gasteiger partial charge >= 0.3 is 0 Å². The van der Waals surface area contributed by atoms with Gasteiger partial charge in [-0.2, -0.15) is 0 Å². The van der Waals surface area contributed by atoms with Crippen molar-refractivity contribution in [2.45, 2.75) is 31.4 Å². The maximum atomic E-state index is 12.4. The molecule has 1 N–H and O–H groups in total. The van der Waals surface area contributed by atoms with E-state index in [1.54, 1.807) is 6.07 Å². The molecule has 23 heavy (non-hydrogen) atoms. The van der Waals surface area contributed by atoms with Gasteiger partial charge in [-0.1, -0.05) is 29.3 Å². The first-order valence-corrected chi connectivity index (χ1v) is 8.47. The van der Waals surface area contributed by atoms with Crippen LogP contribution >= 0.6 is 35.6 Å². The summed E-state index contributed by atoms with van der Waals surface area (Å²) in [6.45, 7) is 2.80. The number of amides is 1. The van der Waals surface area contributed by atoms with Crippen LogP contribution in [0.3, 0.4) is 0 Å². The highest BCUT2D eigenvalue weighted by Gasteiger charge is 2.28. The number of hydrogen-bond donors (Lipinski definition) is 1. The van der Waals surface area contributed by atoms with Crippen LogP contribution in [-0.4, -0.2) is 43.1 Å². The summed E-state index contributed by atoms with van der Waals surface area (Å²) in [4.78, 5) is 14.3. The average Bonchev–Trinajstić information content (AvgIpc) is 3.03. The molecule has 2 unspecified atom stereocenters. The van der Waals surface area contributed by atoms with E-state index in [1.807, 2.05) is 17.0 Å². The van der Waals surface area contributed by atoms with Crippen LogP contribution in [0, 0.1) is 0 Å². The Balaban J connectivity index is 0.00000192. The Bertz CT molecular complexity index is 550. The molecule has 0 radical (unpaired) electrons. The first-order valence-electron chi connectivity index (χ1n) is 7.71. The molecule has 2 heterocycles. The zero-order valence-corrected chi connectivity index (χ0v) is 15.1. The molecule has 4 nitrogen and oxygen atoms in total. The molecule has 2 aliphatic heterocycles. The molecule has 0 aliphatic carbocycles. The molecule has 1 aromatic carbocycles. The fourth-order valence-electron chi connectivity index (χ4n) is 3.06. The molecule has 2 saturated heterocycles. The fraction of sp³-hybridized carbons (Fsp3) is 0.562. The molecule has 1 aromatic rings. The van der Waals surface area contributed by atoms with Crippen molar-refractivity contribution in [1.82, 2.24) is 10.2 Å². The van der Waals surface area contributed by atoms with Crippen molar-refractivity contribution in [1.29, 1.82) is 0 Å². The first-order chi connectivity index (χ1) is 10.6. The summed E-state index contributed by atoms with van der Waals surface area (Å²) >= 11 is 12.0. The summed E-state index contributed by atoms with van der Waals surface area (Å²) < 4.78 is 5.80. The number of morpholine rings is 1. The first kappa shape index (κ1) is 18.8. The number of carbonyl (C=O) groups is 1. The van der Waals surface area contributed by atoms with E-state index in [0.29, 0.717) is 42.2 Å². The number of nitrogens with zero attached hydrogens (tertiary/aromatic N) is 1. The van der Waals surface area contributed by atoms with E-state index in [2.05, 4.69) is 5.32 Å². The predicted molar refractivity (Wildman–Crippen MR) is 94.6 cm³/mol. The van der Waals surface area contributed by atoms with E-state index in [1.165, 1.54) is 0 Å². The lowest BCUT2D eigenvalue weighted by Gasteiger charge is -2.34. The fourth-order valence-corrected chi connectivity index (χ4v) is 3.37. The highest BCUT2D eigenvalue weighted by atomic mass is 35.5. The number of carbonyl (C=O) groups excluding carboxylic acids is 1. The van der Waals surface area contributed by atoms with Crippen LogP contribution in [0.5, 0.6) is 0 Å². The molecular weight excluding hydrogens is 359 g/mol. The molecule has 7 heteroatoms. The third-order valence-corrected chi connectivity index (χ3v) is 5.06. The van der Waals surface area contributed by atoms with Crippen molar-refractivity contribution in [2.75, 3.05) is 26.2 Å². The second-order valence-corrected chi connectivity index (χ2v) is 6.68. The van der Waals surface area contributed by atoms with Gasteiger partial charge in [-0.25, -0.2) is 0 Å². The lowest BCUT2D eigenvalue weighted by molar-refractivity contribution is -0.139. The molecule has 2 atom stereocenters. The monoisotopic (exact) mass is 378 g/mol. The topological polar surface area (TPSA) is 41.6 Å². The summed E-state index contributed by atoms with van der Waals surface area (Å²) in [6.07, 6.45) is 2.69. The van der Waals surface area contributed by atoms with Crippen molar-refractivity contribution in [3.8, 4) is 0 Å². The molecule has 0 saturated carbocycles. The van der Waals surface area contributed by atoms with Crippen LogP contribution in [0.4, 0.5) is 0 Å². The van der Waals surface area contributed by atoms with Gasteiger partial charge in [0.15, 0.2) is 0 Å². The van der Waals surface area contributed by atoms with Crippen LogP contribution in [0.2, 0.25) is 10.0 Å². The summed E-state index contributed by atoms with van der Waals surface area (Å²) in [7, 11) is 0. The van der Waals surface area contributed by atoms with Gasteiger partial charge in [0.25, 0.3) is 0 Å². The zero-order chi connectivity index (χ0) is 15.5. The summed E-state index contributed by atoms with van der Waals surface area (Å²) in [6, 6.07) is 5.83. The van der Waals surface area contributed by atoms with Crippen LogP contribution in [0.1, 0.15) is 30.9 Å². The number of ether oxygens (including phenoxy) is 1. The quantitative estimate of drug-likeness (QED) is 0.874. The Hall–Kier alpha value is -0.520. The Morgan fingerprint density at radius 1 is 1.35 bits per heavy atom. The molecule has 3 rings (SSSR count). The van der Waals surface area contributed by atoms with Crippen molar-refractivity contribution in [3.63, 3.8) is 0 Å². The molecule has 2 aliphatic rings. The molecule has 1 amide bonds. The molecule has 128 valence electrons. The van der Waals surface area contributed by atoms with Crippen molar-refractivity contribution < 1.29 is 9.53 Å². The summed E-state index contributed by atoms with van der Waals surface area (Å²) in [5.74, 6) is 0.202. The zero-order valence-electron chi connectivity index (χ0n) is 12.8. The lowest BCUT2D eigenvalue weighted by Crippen LogP contribution is -2.44. The minimum atomic E-state index is -0.135. The van der Waals surface area contributed by atoms with Crippen molar-refractivity contribution >= 4 is 41.5 Å². The van der Waals surface area contributed by atoms with Gasteiger partial charge in [0.1, 0.15) is 6.10 Å². The molecule has 0 bridgehead atoms. The van der Waals surface area contributed by atoms with Gasteiger partial charge in [-0.15, -0.1) is 12.4 Å². The van der Waals surface area contributed by atoms with Crippen molar-refractivity contribution in [3.05, 3.63) is 33.8 Å². The highest BCUT2D eigenvalue weighted by molar-refractivity contribution is 6.42. The average molecular weight is 380 g/mol. The van der Waals surface area contributed by atoms with Gasteiger partial charge in [-0.3, -0.25) is 4.79 Å². The number of halogens is 3. The Kier molecular flexibility index (Phi) is 6.99. The standard InChI is InChI=1S/C16H20Cl2N2O2.ClH/c17-13-4-3-11(8-14(13)18)15-10-20(6-7-22-15)16(21)9-12-2-1-5-19-12;/h3-4,8,12,15,19H,1-2,5-7,9-10H2;1H. The van der Waals surface area contributed by atoms with Crippen molar-refractivity contribution in [2.24, 2.45) is 0 Å². The van der Waals surface area contributed by atoms with Gasteiger partial charge in [-0.05, 0) is 37.1 Å². The number of nitrogens with one attached hydrogen (secondary N) is 1. The van der Waals surface area contributed by atoms with Gasteiger partial charge in [0.2, 0.25) is 5.91 Å². The van der Waals surface area contributed by atoms with E-state index in [-0.39, 0.29) is 24.4 Å². The SMILES string of the molecule is Cl.O=C(CC1CCCN1)N1CCOC(c2ccc(Cl)c(Cl)c2)C1. The van der Waals surface area contributed by atoms with Crippen LogP contribution in [0.25, 0.3) is 0 Å². The minimum Gasteiger partial charge on any atom is -0.370 e. The second kappa shape index (κ2) is 8.54. The molecule has 2 fully saturated rings. The largest absolute Gasteiger partial charge is 0.370 e. The Morgan fingerprint density at radius 2 is 2.17 bits per heavy atom. The van der Waals surface area contributed by atoms with Crippen LogP contribution < -0.4 is 5.32 Å². The Morgan fingerprint density at radius 3 is 2.87 bits per heavy atom. The summed E-state index contributed by atoms with van der Waals surface area (Å²) in [5.41, 5.74) is 0.964. The van der Waals surface area contributed by atoms with Gasteiger partial charge < -0.3 is 15.0 Å². The highest BCUT2D eigenvalue weighted by Crippen LogP contribution is 2.29. The maximum absolute atomic E-state index is 12.4. The number of rotatable bonds is 3. The van der Waals surface area contributed by atoms with E-state index < -0.39 is 0 Å². The number of hydrogen-bond acceptors (Lipinski definition) is 3. The third kappa shape index (κ3) is 4.74. The van der Waals surface area contributed by atoms with E-state index in [0.717, 1.165) is 24.9 Å². The van der Waals surface area contributed by atoms with E-state index in [4.69, 9.17) is 27.9 Å². The van der Waals surface area contributed by atoms with E-state index >= 15 is 0 Å². The molecule has 0 aromatic heterocycles.